The summed E-state index contributed by atoms with van der Waals surface area (Å²) in [5, 5.41) is 14.0. The van der Waals surface area contributed by atoms with Crippen molar-refractivity contribution in [1.29, 1.82) is 0 Å². The number of halogens is 1. The highest BCUT2D eigenvalue weighted by atomic mass is 35.5. The van der Waals surface area contributed by atoms with Gasteiger partial charge in [-0.3, -0.25) is 4.79 Å². The van der Waals surface area contributed by atoms with E-state index in [1.807, 2.05) is 4.90 Å². The highest BCUT2D eigenvalue weighted by molar-refractivity contribution is 6.30. The number of hydrogen-bond acceptors (Lipinski definition) is 6. The second-order valence-electron chi connectivity index (χ2n) is 6.69. The van der Waals surface area contributed by atoms with Gasteiger partial charge in [-0.15, -0.1) is 4.73 Å². The normalized spacial score (nSPS) is 16.9. The van der Waals surface area contributed by atoms with E-state index in [9.17, 15) is 14.8 Å². The second-order valence-corrected chi connectivity index (χ2v) is 7.12. The number of benzene rings is 1. The van der Waals surface area contributed by atoms with Crippen molar-refractivity contribution in [3.8, 4) is 0 Å². The van der Waals surface area contributed by atoms with Crippen molar-refractivity contribution in [1.82, 2.24) is 14.7 Å². The van der Waals surface area contributed by atoms with E-state index in [2.05, 4.69) is 15.3 Å². The number of hydrogen-bond donors (Lipinski definition) is 2. The number of piperidine rings is 1. The molecular weight excluding hydrogens is 382 g/mol. The Morgan fingerprint density at radius 2 is 2.04 bits per heavy atom. The van der Waals surface area contributed by atoms with Crippen LogP contribution in [0.15, 0.2) is 47.4 Å². The van der Waals surface area contributed by atoms with E-state index in [0.717, 1.165) is 12.8 Å². The summed E-state index contributed by atoms with van der Waals surface area (Å²) in [4.78, 5) is 34.7. The third-order valence-electron chi connectivity index (χ3n) is 4.81. The first-order chi connectivity index (χ1) is 13.5. The fourth-order valence-corrected chi connectivity index (χ4v) is 3.56. The van der Waals surface area contributed by atoms with Gasteiger partial charge >= 0.3 is 5.69 Å². The van der Waals surface area contributed by atoms with Crippen LogP contribution in [0.5, 0.6) is 0 Å². The van der Waals surface area contributed by atoms with Gasteiger partial charge in [0.15, 0.2) is 5.65 Å². The first kappa shape index (κ1) is 18.2. The first-order valence-corrected chi connectivity index (χ1v) is 9.29. The third-order valence-corrected chi connectivity index (χ3v) is 5.07. The smallest absolute Gasteiger partial charge is 0.384 e. The summed E-state index contributed by atoms with van der Waals surface area (Å²) in [7, 11) is 0. The van der Waals surface area contributed by atoms with Crippen molar-refractivity contribution in [2.75, 3.05) is 23.3 Å². The van der Waals surface area contributed by atoms with Crippen molar-refractivity contribution >= 4 is 40.0 Å². The molecule has 9 heteroatoms. The molecule has 0 saturated carbocycles. The predicted octanol–water partition coefficient (Wildman–Crippen LogP) is 2.54. The van der Waals surface area contributed by atoms with Gasteiger partial charge in [0, 0.05) is 30.0 Å². The maximum absolute atomic E-state index is 12.7. The topological polar surface area (TPSA) is 100 Å². The minimum absolute atomic E-state index is 0.0926. The van der Waals surface area contributed by atoms with Crippen molar-refractivity contribution in [3.05, 3.63) is 58.1 Å². The highest BCUT2D eigenvalue weighted by Crippen LogP contribution is 2.27. The molecule has 3 heterocycles. The van der Waals surface area contributed by atoms with Crippen LogP contribution >= 0.6 is 11.6 Å². The molecule has 0 radical (unpaired) electrons. The van der Waals surface area contributed by atoms with Crippen molar-refractivity contribution in [3.63, 3.8) is 0 Å². The third kappa shape index (κ3) is 3.50. The molecule has 144 valence electrons. The zero-order valence-corrected chi connectivity index (χ0v) is 15.6. The zero-order chi connectivity index (χ0) is 19.7. The lowest BCUT2D eigenvalue weighted by molar-refractivity contribution is -0.120. The summed E-state index contributed by atoms with van der Waals surface area (Å²) in [5.41, 5.74) is 0.0290. The van der Waals surface area contributed by atoms with Crippen molar-refractivity contribution in [2.45, 2.75) is 12.8 Å². The van der Waals surface area contributed by atoms with E-state index in [1.165, 1.54) is 6.20 Å². The molecule has 1 aromatic carbocycles. The van der Waals surface area contributed by atoms with Crippen LogP contribution in [0.25, 0.3) is 11.0 Å². The molecule has 0 unspecified atom stereocenters. The van der Waals surface area contributed by atoms with Gasteiger partial charge in [-0.2, -0.15) is 4.98 Å². The number of fused-ring (bicyclic) bond motifs is 1. The number of carbonyl (C=O) groups is 1. The fourth-order valence-electron chi connectivity index (χ4n) is 3.43. The largest absolute Gasteiger partial charge is 0.422 e. The van der Waals surface area contributed by atoms with Gasteiger partial charge < -0.3 is 15.4 Å². The van der Waals surface area contributed by atoms with E-state index < -0.39 is 5.69 Å². The fraction of sp³-hybridized carbons (Fsp3) is 0.263. The Labute approximate surface area is 165 Å². The van der Waals surface area contributed by atoms with E-state index in [0.29, 0.717) is 39.7 Å². The Morgan fingerprint density at radius 3 is 2.82 bits per heavy atom. The lowest BCUT2D eigenvalue weighted by Gasteiger charge is -2.33. The van der Waals surface area contributed by atoms with Gasteiger partial charge in [-0.25, -0.2) is 9.78 Å². The molecule has 2 aromatic heterocycles. The minimum Gasteiger partial charge on any atom is -0.422 e. The van der Waals surface area contributed by atoms with E-state index in [4.69, 9.17) is 11.6 Å². The van der Waals surface area contributed by atoms with Gasteiger partial charge in [0.2, 0.25) is 5.91 Å². The van der Waals surface area contributed by atoms with Gasteiger partial charge in [0.25, 0.3) is 0 Å². The number of nitrogens with one attached hydrogen (secondary N) is 1. The molecule has 0 aliphatic carbocycles. The molecule has 1 saturated heterocycles. The number of anilines is 2. The predicted molar refractivity (Wildman–Crippen MR) is 106 cm³/mol. The van der Waals surface area contributed by atoms with Crippen LogP contribution in [0.1, 0.15) is 12.8 Å². The summed E-state index contributed by atoms with van der Waals surface area (Å²) in [6, 6.07) is 10.4. The monoisotopic (exact) mass is 399 g/mol. The summed E-state index contributed by atoms with van der Waals surface area (Å²) in [6.07, 6.45) is 3.02. The van der Waals surface area contributed by atoms with E-state index in [-0.39, 0.29) is 17.5 Å². The van der Waals surface area contributed by atoms with Crippen LogP contribution in [0.3, 0.4) is 0 Å². The highest BCUT2D eigenvalue weighted by Gasteiger charge is 2.28. The molecule has 4 rings (SSSR count). The van der Waals surface area contributed by atoms with Crippen molar-refractivity contribution < 1.29 is 10.0 Å². The summed E-state index contributed by atoms with van der Waals surface area (Å²) in [5.74, 6) is 0.0850. The minimum atomic E-state index is -0.797. The zero-order valence-electron chi connectivity index (χ0n) is 14.9. The first-order valence-electron chi connectivity index (χ1n) is 8.91. The standard InChI is InChI=1S/C19H18ClN5O3/c20-13-5-7-14(8-6-13)22-18(26)12-3-2-10-24(11-12)17-15-4-1-9-21-16(15)25(28)19(27)23-17/h1,4-9,12,28H,2-3,10-11H2,(H,22,26)/t12-/m0/s1. The van der Waals surface area contributed by atoms with E-state index in [1.54, 1.807) is 36.4 Å². The summed E-state index contributed by atoms with van der Waals surface area (Å²) >= 11 is 5.88. The molecule has 1 amide bonds. The molecule has 1 atom stereocenters. The Morgan fingerprint density at radius 1 is 1.25 bits per heavy atom. The Balaban J connectivity index is 1.58. The van der Waals surface area contributed by atoms with Crippen LogP contribution in [-0.4, -0.2) is 38.9 Å². The van der Waals surface area contributed by atoms with Crippen LogP contribution in [-0.2, 0) is 4.79 Å². The van der Waals surface area contributed by atoms with Crippen LogP contribution in [0.4, 0.5) is 11.5 Å². The van der Waals surface area contributed by atoms with Gasteiger partial charge in [0.05, 0.1) is 11.3 Å². The number of amides is 1. The summed E-state index contributed by atoms with van der Waals surface area (Å²) in [6.45, 7) is 1.09. The number of carbonyl (C=O) groups excluding carboxylic acids is 1. The number of aromatic nitrogens is 3. The quantitative estimate of drug-likeness (QED) is 0.656. The Hall–Kier alpha value is -3.13. The lowest BCUT2D eigenvalue weighted by atomic mass is 9.96. The molecule has 1 fully saturated rings. The molecule has 0 bridgehead atoms. The molecule has 1 aliphatic rings. The molecule has 8 nitrogen and oxygen atoms in total. The van der Waals surface area contributed by atoms with Gasteiger partial charge in [-0.05, 0) is 49.2 Å². The SMILES string of the molecule is O=C(Nc1ccc(Cl)cc1)[C@H]1CCCN(c2nc(=O)n(O)c3ncccc23)C1. The summed E-state index contributed by atoms with van der Waals surface area (Å²) < 4.78 is 0.438. The van der Waals surface area contributed by atoms with Gasteiger partial charge in [0.1, 0.15) is 5.82 Å². The average Bonchev–Trinajstić information content (AvgIpc) is 2.72. The average molecular weight is 400 g/mol. The maximum Gasteiger partial charge on any atom is 0.384 e. The molecule has 2 N–H and O–H groups in total. The number of pyridine rings is 1. The second kappa shape index (κ2) is 7.47. The van der Waals surface area contributed by atoms with Crippen LogP contribution in [0, 0.1) is 5.92 Å². The molecule has 1 aliphatic heterocycles. The molecular formula is C19H18ClN5O3. The number of nitrogens with zero attached hydrogens (tertiary/aromatic N) is 4. The number of rotatable bonds is 3. The van der Waals surface area contributed by atoms with Gasteiger partial charge in [-0.1, -0.05) is 11.6 Å². The molecule has 0 spiro atoms. The Bertz CT molecular complexity index is 1080. The maximum atomic E-state index is 12.7. The van der Waals surface area contributed by atoms with Crippen LogP contribution in [0.2, 0.25) is 5.02 Å². The molecule has 28 heavy (non-hydrogen) atoms. The molecule has 3 aromatic rings. The van der Waals surface area contributed by atoms with E-state index >= 15 is 0 Å². The van der Waals surface area contributed by atoms with Crippen molar-refractivity contribution in [2.24, 2.45) is 5.92 Å². The lowest BCUT2D eigenvalue weighted by Crippen LogP contribution is -2.42. The Kier molecular flexibility index (Phi) is 4.87. The van der Waals surface area contributed by atoms with Crippen LogP contribution < -0.4 is 15.9 Å².